The van der Waals surface area contributed by atoms with E-state index in [2.05, 4.69) is 16.9 Å². The molecule has 2 aromatic rings. The van der Waals surface area contributed by atoms with Crippen LogP contribution in [0.25, 0.3) is 11.4 Å². The van der Waals surface area contributed by atoms with Crippen molar-refractivity contribution in [2.75, 3.05) is 6.61 Å². The maximum atomic E-state index is 12.5. The molecule has 0 saturated heterocycles. The van der Waals surface area contributed by atoms with Gasteiger partial charge in [-0.15, -0.1) is 0 Å². The number of aromatic nitrogens is 2. The van der Waals surface area contributed by atoms with E-state index in [0.29, 0.717) is 18.5 Å². The van der Waals surface area contributed by atoms with Gasteiger partial charge in [0.1, 0.15) is 5.75 Å². The summed E-state index contributed by atoms with van der Waals surface area (Å²) < 4.78 is 43.2. The first-order valence-corrected chi connectivity index (χ1v) is 17.2. The van der Waals surface area contributed by atoms with E-state index in [-0.39, 0.29) is 0 Å². The molecule has 1 aromatic carbocycles. The SMILES string of the molecule is CCCCCCCCCCc1cnc(-c2ccc(OCCCC[Si](C)(C)CCC(F)(F)F)cc2)nc1. The van der Waals surface area contributed by atoms with Crippen LogP contribution in [0.2, 0.25) is 25.2 Å². The molecule has 3 nitrogen and oxygen atoms in total. The summed E-state index contributed by atoms with van der Waals surface area (Å²) in [4.78, 5) is 9.10. The first kappa shape index (κ1) is 30.3. The molecular formula is C29H45F3N2OSi. The molecular weight excluding hydrogens is 477 g/mol. The molecule has 0 unspecified atom stereocenters. The Morgan fingerprint density at radius 1 is 0.778 bits per heavy atom. The Labute approximate surface area is 217 Å². The number of rotatable bonds is 18. The van der Waals surface area contributed by atoms with E-state index in [1.165, 1.54) is 56.9 Å². The fraction of sp³-hybridized carbons (Fsp3) is 0.655. The second-order valence-corrected chi connectivity index (χ2v) is 16.1. The number of halogens is 3. The van der Waals surface area contributed by atoms with Crippen molar-refractivity contribution in [3.05, 3.63) is 42.2 Å². The minimum atomic E-state index is -4.04. The van der Waals surface area contributed by atoms with Crippen molar-refractivity contribution in [3.8, 4) is 17.1 Å². The first-order valence-electron chi connectivity index (χ1n) is 13.8. The normalized spacial score (nSPS) is 12.2. The van der Waals surface area contributed by atoms with Gasteiger partial charge in [-0.05, 0) is 55.1 Å². The Morgan fingerprint density at radius 3 is 2.00 bits per heavy atom. The first-order chi connectivity index (χ1) is 17.2. The number of alkyl halides is 3. The largest absolute Gasteiger partial charge is 0.494 e. The number of hydrogen-bond donors (Lipinski definition) is 0. The van der Waals surface area contributed by atoms with E-state index in [9.17, 15) is 13.2 Å². The highest BCUT2D eigenvalue weighted by Crippen LogP contribution is 2.29. The highest BCUT2D eigenvalue weighted by molar-refractivity contribution is 6.77. The van der Waals surface area contributed by atoms with Crippen molar-refractivity contribution in [3.63, 3.8) is 0 Å². The lowest BCUT2D eigenvalue weighted by atomic mass is 10.1. The third-order valence-corrected chi connectivity index (χ3v) is 10.0. The molecule has 0 amide bonds. The molecule has 0 bridgehead atoms. The Balaban J connectivity index is 1.64. The monoisotopic (exact) mass is 522 g/mol. The maximum Gasteiger partial charge on any atom is 0.388 e. The van der Waals surface area contributed by atoms with Gasteiger partial charge in [-0.2, -0.15) is 13.2 Å². The van der Waals surface area contributed by atoms with Crippen molar-refractivity contribution in [2.45, 2.75) is 115 Å². The number of hydrogen-bond acceptors (Lipinski definition) is 3. The second kappa shape index (κ2) is 16.1. The molecule has 0 aliphatic heterocycles. The lowest BCUT2D eigenvalue weighted by molar-refractivity contribution is -0.130. The van der Waals surface area contributed by atoms with E-state index in [4.69, 9.17) is 4.74 Å². The smallest absolute Gasteiger partial charge is 0.388 e. The Kier molecular flexibility index (Phi) is 13.5. The summed E-state index contributed by atoms with van der Waals surface area (Å²) in [6.07, 6.45) is 12.5. The third-order valence-electron chi connectivity index (χ3n) is 6.74. The zero-order chi connectivity index (χ0) is 26.3. The van der Waals surface area contributed by atoms with Crippen molar-refractivity contribution >= 4 is 8.07 Å². The lowest BCUT2D eigenvalue weighted by Gasteiger charge is -2.23. The number of benzene rings is 1. The molecule has 7 heteroatoms. The summed E-state index contributed by atoms with van der Waals surface area (Å²) in [6.45, 7) is 6.92. The zero-order valence-corrected chi connectivity index (χ0v) is 23.5. The van der Waals surface area contributed by atoms with Crippen LogP contribution >= 0.6 is 0 Å². The highest BCUT2D eigenvalue weighted by atomic mass is 28.3. The highest BCUT2D eigenvalue weighted by Gasteiger charge is 2.31. The molecule has 0 fully saturated rings. The van der Waals surface area contributed by atoms with Gasteiger partial charge >= 0.3 is 6.18 Å². The molecule has 1 aromatic heterocycles. The summed E-state index contributed by atoms with van der Waals surface area (Å²) >= 11 is 0. The van der Waals surface area contributed by atoms with Gasteiger partial charge in [-0.3, -0.25) is 0 Å². The molecule has 36 heavy (non-hydrogen) atoms. The molecule has 2 rings (SSSR count). The topological polar surface area (TPSA) is 35.0 Å². The van der Waals surface area contributed by atoms with Crippen molar-refractivity contribution in [1.29, 1.82) is 0 Å². The van der Waals surface area contributed by atoms with Gasteiger partial charge in [-0.25, -0.2) is 9.97 Å². The quantitative estimate of drug-likeness (QED) is 0.144. The van der Waals surface area contributed by atoms with Gasteiger partial charge in [0, 0.05) is 32.5 Å². The molecule has 0 spiro atoms. The van der Waals surface area contributed by atoms with Crippen LogP contribution < -0.4 is 4.74 Å². The van der Waals surface area contributed by atoms with Gasteiger partial charge in [0.25, 0.3) is 0 Å². The summed E-state index contributed by atoms with van der Waals surface area (Å²) in [5.41, 5.74) is 2.15. The van der Waals surface area contributed by atoms with Crippen LogP contribution in [0, 0.1) is 0 Å². The fourth-order valence-corrected chi connectivity index (χ4v) is 6.71. The lowest BCUT2D eigenvalue weighted by Crippen LogP contribution is -2.27. The average molecular weight is 523 g/mol. The summed E-state index contributed by atoms with van der Waals surface area (Å²) in [6, 6.07) is 9.00. The predicted octanol–water partition coefficient (Wildman–Crippen LogP) is 9.65. The van der Waals surface area contributed by atoms with Crippen LogP contribution in [-0.4, -0.2) is 30.8 Å². The average Bonchev–Trinajstić information content (AvgIpc) is 2.85. The van der Waals surface area contributed by atoms with Gasteiger partial charge in [-0.1, -0.05) is 77.4 Å². The molecule has 0 atom stereocenters. The van der Waals surface area contributed by atoms with E-state index < -0.39 is 20.7 Å². The van der Waals surface area contributed by atoms with Crippen LogP contribution in [0.4, 0.5) is 13.2 Å². The number of aryl methyl sites for hydroxylation is 1. The van der Waals surface area contributed by atoms with Crippen LogP contribution in [0.15, 0.2) is 36.7 Å². The summed E-state index contributed by atoms with van der Waals surface area (Å²) in [7, 11) is -1.80. The molecule has 0 N–H and O–H groups in total. The number of nitrogens with zero attached hydrogens (tertiary/aromatic N) is 2. The van der Waals surface area contributed by atoms with E-state index in [1.54, 1.807) is 0 Å². The van der Waals surface area contributed by atoms with Crippen LogP contribution in [0.3, 0.4) is 0 Å². The Bertz CT molecular complexity index is 839. The van der Waals surface area contributed by atoms with Crippen molar-refractivity contribution in [1.82, 2.24) is 9.97 Å². The minimum absolute atomic E-state index is 0.307. The second-order valence-electron chi connectivity index (χ2n) is 10.7. The molecule has 202 valence electrons. The Morgan fingerprint density at radius 2 is 1.39 bits per heavy atom. The van der Waals surface area contributed by atoms with Gasteiger partial charge in [0.15, 0.2) is 5.82 Å². The summed E-state index contributed by atoms with van der Waals surface area (Å²) in [5, 5.41) is 0. The molecule has 1 heterocycles. The van der Waals surface area contributed by atoms with E-state index >= 15 is 0 Å². The van der Waals surface area contributed by atoms with E-state index in [0.717, 1.165) is 36.6 Å². The number of unbranched alkanes of at least 4 members (excludes halogenated alkanes) is 8. The molecule has 0 aliphatic carbocycles. The molecule has 0 aliphatic rings. The van der Waals surface area contributed by atoms with E-state index in [1.807, 2.05) is 49.8 Å². The number of ether oxygens (including phenoxy) is 1. The summed E-state index contributed by atoms with van der Waals surface area (Å²) in [5.74, 6) is 1.51. The fourth-order valence-electron chi connectivity index (χ4n) is 4.30. The third kappa shape index (κ3) is 13.4. The van der Waals surface area contributed by atoms with Crippen LogP contribution in [0.1, 0.15) is 83.1 Å². The standard InChI is InChI=1S/C29H45F3N2OSi/c1-4-5-6-7-8-9-10-11-14-25-23-33-28(34-24-25)26-15-17-27(18-16-26)35-20-12-13-21-36(2,3)22-19-29(30,31)32/h15-18,23-24H,4-14,19-22H2,1-3H3. The van der Waals surface area contributed by atoms with Crippen LogP contribution in [-0.2, 0) is 6.42 Å². The zero-order valence-electron chi connectivity index (χ0n) is 22.5. The van der Waals surface area contributed by atoms with Gasteiger partial charge in [0.2, 0.25) is 0 Å². The van der Waals surface area contributed by atoms with Crippen molar-refractivity contribution < 1.29 is 17.9 Å². The molecule has 0 saturated carbocycles. The maximum absolute atomic E-state index is 12.5. The minimum Gasteiger partial charge on any atom is -0.494 e. The van der Waals surface area contributed by atoms with Crippen LogP contribution in [0.5, 0.6) is 5.75 Å². The van der Waals surface area contributed by atoms with Gasteiger partial charge < -0.3 is 4.74 Å². The van der Waals surface area contributed by atoms with Crippen molar-refractivity contribution in [2.24, 2.45) is 0 Å². The molecule has 0 radical (unpaired) electrons. The predicted molar refractivity (Wildman–Crippen MR) is 146 cm³/mol. The Hall–Kier alpha value is -1.89. The van der Waals surface area contributed by atoms with Gasteiger partial charge in [0.05, 0.1) is 6.61 Å².